The van der Waals surface area contributed by atoms with Crippen LogP contribution in [0, 0.1) is 0 Å². The number of rotatable bonds is 1. The summed E-state index contributed by atoms with van der Waals surface area (Å²) in [5.41, 5.74) is 1.49. The van der Waals surface area contributed by atoms with Gasteiger partial charge in [-0.15, -0.1) is 0 Å². The molecule has 0 amide bonds. The van der Waals surface area contributed by atoms with Crippen molar-refractivity contribution in [3.63, 3.8) is 0 Å². The van der Waals surface area contributed by atoms with E-state index in [0.717, 1.165) is 31.7 Å². The molecule has 1 unspecified atom stereocenters. The number of benzene rings is 1. The number of para-hydroxylation sites is 1. The molecule has 3 heterocycles. The van der Waals surface area contributed by atoms with Crippen LogP contribution in [0.15, 0.2) is 24.3 Å². The Kier molecular flexibility index (Phi) is 3.20. The van der Waals surface area contributed by atoms with Gasteiger partial charge in [0.05, 0.1) is 0 Å². The van der Waals surface area contributed by atoms with Crippen LogP contribution in [-0.2, 0) is 0 Å². The molecule has 3 nitrogen and oxygen atoms in total. The first-order valence-electron chi connectivity index (χ1n) is 8.09. The second-order valence-corrected chi connectivity index (χ2v) is 6.54. The fourth-order valence-corrected chi connectivity index (χ4v) is 4.15. The molecule has 3 aliphatic heterocycles. The maximum Gasteiger partial charge on any atom is 0.124 e. The van der Waals surface area contributed by atoms with Crippen molar-refractivity contribution in [3.8, 4) is 5.75 Å². The Hall–Kier alpha value is -1.06. The van der Waals surface area contributed by atoms with E-state index in [1.54, 1.807) is 0 Å². The third kappa shape index (κ3) is 2.13. The third-order valence-electron chi connectivity index (χ3n) is 5.27. The predicted octanol–water partition coefficient (Wildman–Crippen LogP) is 2.73. The summed E-state index contributed by atoms with van der Waals surface area (Å²) in [4.78, 5) is 2.69. The van der Waals surface area contributed by atoms with Crippen molar-refractivity contribution in [2.24, 2.45) is 0 Å². The summed E-state index contributed by atoms with van der Waals surface area (Å²) in [5, 5.41) is 3.47. The van der Waals surface area contributed by atoms with Crippen molar-refractivity contribution in [1.82, 2.24) is 10.2 Å². The van der Waals surface area contributed by atoms with Gasteiger partial charge in [-0.1, -0.05) is 18.2 Å². The van der Waals surface area contributed by atoms with Crippen molar-refractivity contribution in [2.75, 3.05) is 26.2 Å². The fraction of sp³-hybridized carbons (Fsp3) is 0.647. The highest BCUT2D eigenvalue weighted by Crippen LogP contribution is 2.46. The van der Waals surface area contributed by atoms with Crippen molar-refractivity contribution in [3.05, 3.63) is 29.8 Å². The van der Waals surface area contributed by atoms with Crippen LogP contribution in [0.3, 0.4) is 0 Å². The summed E-state index contributed by atoms with van der Waals surface area (Å²) in [6.45, 7) is 4.70. The first-order chi connectivity index (χ1) is 9.86. The first kappa shape index (κ1) is 12.7. The van der Waals surface area contributed by atoms with E-state index in [4.69, 9.17) is 4.74 Å². The molecule has 1 aromatic rings. The Labute approximate surface area is 121 Å². The minimum Gasteiger partial charge on any atom is -0.487 e. The monoisotopic (exact) mass is 272 g/mol. The van der Waals surface area contributed by atoms with E-state index in [9.17, 15) is 0 Å². The van der Waals surface area contributed by atoms with Gasteiger partial charge >= 0.3 is 0 Å². The lowest BCUT2D eigenvalue weighted by molar-refractivity contribution is -0.0159. The number of ether oxygens (including phenoxy) is 1. The predicted molar refractivity (Wildman–Crippen MR) is 80.1 cm³/mol. The molecule has 4 rings (SSSR count). The average Bonchev–Trinajstić information content (AvgIpc) is 3.01. The van der Waals surface area contributed by atoms with Crippen LogP contribution in [0.1, 0.15) is 43.7 Å². The molecule has 1 N–H and O–H groups in total. The number of piperidine rings is 1. The lowest BCUT2D eigenvalue weighted by Gasteiger charge is -2.46. The number of likely N-dealkylation sites (tertiary alicyclic amines) is 1. The smallest absolute Gasteiger partial charge is 0.124 e. The standard InChI is InChI=1S/C17H24N2O/c1-2-6-16-14(5-1)15(19-11-3-4-12-19)13-17(20-16)7-9-18-10-8-17/h1-2,5-6,15,18H,3-4,7-13H2. The fourth-order valence-electron chi connectivity index (χ4n) is 4.15. The van der Waals surface area contributed by atoms with Crippen LogP contribution in [-0.4, -0.2) is 36.7 Å². The van der Waals surface area contributed by atoms with Gasteiger partial charge in [-0.05, 0) is 57.9 Å². The van der Waals surface area contributed by atoms with Crippen LogP contribution in [0.4, 0.5) is 0 Å². The molecular formula is C17H24N2O. The number of fused-ring (bicyclic) bond motifs is 1. The zero-order chi connectivity index (χ0) is 13.4. The number of hydrogen-bond acceptors (Lipinski definition) is 3. The van der Waals surface area contributed by atoms with E-state index in [1.807, 2.05) is 0 Å². The van der Waals surface area contributed by atoms with Gasteiger partial charge in [-0.25, -0.2) is 0 Å². The maximum atomic E-state index is 6.48. The van der Waals surface area contributed by atoms with Gasteiger partial charge in [0.2, 0.25) is 0 Å². The first-order valence-corrected chi connectivity index (χ1v) is 8.09. The Bertz CT molecular complexity index is 476. The molecule has 0 aromatic heterocycles. The van der Waals surface area contributed by atoms with Crippen molar-refractivity contribution < 1.29 is 4.74 Å². The lowest BCUT2D eigenvalue weighted by atomic mass is 9.80. The van der Waals surface area contributed by atoms with E-state index in [1.165, 1.54) is 37.9 Å². The van der Waals surface area contributed by atoms with E-state index >= 15 is 0 Å². The number of nitrogens with zero attached hydrogens (tertiary/aromatic N) is 1. The number of nitrogens with one attached hydrogen (secondary N) is 1. The van der Waals surface area contributed by atoms with E-state index in [0.29, 0.717) is 6.04 Å². The van der Waals surface area contributed by atoms with Crippen molar-refractivity contribution >= 4 is 0 Å². The van der Waals surface area contributed by atoms with E-state index < -0.39 is 0 Å². The molecule has 1 aromatic carbocycles. The summed E-state index contributed by atoms with van der Waals surface area (Å²) in [6, 6.07) is 9.28. The van der Waals surface area contributed by atoms with E-state index in [-0.39, 0.29) is 5.60 Å². The van der Waals surface area contributed by atoms with Gasteiger partial charge in [-0.3, -0.25) is 4.90 Å². The minimum atomic E-state index is 0.0762. The zero-order valence-corrected chi connectivity index (χ0v) is 12.1. The van der Waals surface area contributed by atoms with Crippen LogP contribution in [0.2, 0.25) is 0 Å². The summed E-state index contributed by atoms with van der Waals surface area (Å²) in [6.07, 6.45) is 6.17. The third-order valence-corrected chi connectivity index (χ3v) is 5.27. The van der Waals surface area contributed by atoms with Gasteiger partial charge in [0.1, 0.15) is 11.4 Å². The maximum absolute atomic E-state index is 6.48. The van der Waals surface area contributed by atoms with Gasteiger partial charge in [0.25, 0.3) is 0 Å². The molecular weight excluding hydrogens is 248 g/mol. The second kappa shape index (κ2) is 5.05. The molecule has 2 fully saturated rings. The molecule has 0 radical (unpaired) electrons. The quantitative estimate of drug-likeness (QED) is 0.851. The summed E-state index contributed by atoms with van der Waals surface area (Å²) in [5.74, 6) is 1.14. The van der Waals surface area contributed by atoms with Gasteiger partial charge < -0.3 is 10.1 Å². The van der Waals surface area contributed by atoms with Gasteiger partial charge in [0, 0.05) is 18.0 Å². The molecule has 0 saturated carbocycles. The highest BCUT2D eigenvalue weighted by Gasteiger charge is 2.43. The summed E-state index contributed by atoms with van der Waals surface area (Å²) in [7, 11) is 0. The molecule has 2 saturated heterocycles. The lowest BCUT2D eigenvalue weighted by Crippen LogP contribution is -2.51. The minimum absolute atomic E-state index is 0.0762. The largest absolute Gasteiger partial charge is 0.487 e. The molecule has 1 spiro atoms. The molecule has 1 atom stereocenters. The Balaban J connectivity index is 1.69. The molecule has 0 bridgehead atoms. The van der Waals surface area contributed by atoms with E-state index in [2.05, 4.69) is 34.5 Å². The highest BCUT2D eigenvalue weighted by atomic mass is 16.5. The molecule has 20 heavy (non-hydrogen) atoms. The molecule has 3 aliphatic rings. The van der Waals surface area contributed by atoms with Crippen LogP contribution in [0.25, 0.3) is 0 Å². The van der Waals surface area contributed by atoms with Crippen molar-refractivity contribution in [1.29, 1.82) is 0 Å². The molecule has 108 valence electrons. The molecule has 3 heteroatoms. The average molecular weight is 272 g/mol. The Morgan fingerprint density at radius 2 is 1.85 bits per heavy atom. The van der Waals surface area contributed by atoms with Crippen LogP contribution < -0.4 is 10.1 Å². The summed E-state index contributed by atoms with van der Waals surface area (Å²) >= 11 is 0. The van der Waals surface area contributed by atoms with Gasteiger partial charge in [0.15, 0.2) is 0 Å². The highest BCUT2D eigenvalue weighted by molar-refractivity contribution is 5.39. The SMILES string of the molecule is c1ccc2c(c1)OC1(CCNCC1)CC2N1CCCC1. The number of hydrogen-bond donors (Lipinski definition) is 1. The van der Waals surface area contributed by atoms with Crippen LogP contribution in [0.5, 0.6) is 5.75 Å². The Morgan fingerprint density at radius 1 is 1.10 bits per heavy atom. The summed E-state index contributed by atoms with van der Waals surface area (Å²) < 4.78 is 6.48. The van der Waals surface area contributed by atoms with Crippen molar-refractivity contribution in [2.45, 2.75) is 43.7 Å². The Morgan fingerprint density at radius 3 is 2.65 bits per heavy atom. The van der Waals surface area contributed by atoms with Crippen LogP contribution >= 0.6 is 0 Å². The van der Waals surface area contributed by atoms with Gasteiger partial charge in [-0.2, -0.15) is 0 Å². The molecule has 0 aliphatic carbocycles. The topological polar surface area (TPSA) is 24.5 Å². The normalized spacial score (nSPS) is 29.1. The second-order valence-electron chi connectivity index (χ2n) is 6.54. The zero-order valence-electron chi connectivity index (χ0n) is 12.1.